The van der Waals surface area contributed by atoms with Gasteiger partial charge in [0.15, 0.2) is 0 Å². The summed E-state index contributed by atoms with van der Waals surface area (Å²) in [5.41, 5.74) is 1.08. The number of carbonyl (C=O) groups is 1. The smallest absolute Gasteiger partial charge is 0.227 e. The van der Waals surface area contributed by atoms with Gasteiger partial charge < -0.3 is 4.90 Å². The molecule has 0 radical (unpaired) electrons. The van der Waals surface area contributed by atoms with Crippen molar-refractivity contribution in [2.75, 3.05) is 13.1 Å². The number of thioether (sulfide) groups is 1. The van der Waals surface area contributed by atoms with Gasteiger partial charge in [0, 0.05) is 29.4 Å². The number of aromatic nitrogens is 3. The van der Waals surface area contributed by atoms with Crippen LogP contribution in [0.3, 0.4) is 0 Å². The summed E-state index contributed by atoms with van der Waals surface area (Å²) in [7, 11) is 0. The van der Waals surface area contributed by atoms with Gasteiger partial charge in [-0.2, -0.15) is 0 Å². The van der Waals surface area contributed by atoms with E-state index in [4.69, 9.17) is 0 Å². The minimum Gasteiger partial charge on any atom is -0.340 e. The Balaban J connectivity index is 1.55. The van der Waals surface area contributed by atoms with E-state index in [9.17, 15) is 4.79 Å². The molecule has 5 nitrogen and oxygen atoms in total. The predicted octanol–water partition coefficient (Wildman–Crippen LogP) is 2.79. The highest BCUT2D eigenvalue weighted by molar-refractivity contribution is 7.99. The standard InChI is InChI=1S/C17H22N4OS/c1-13(2)23-16-5-3-14(4-6-16)11-17(22)20-9-7-15(12-20)21-10-8-18-19-21/h3-6,8,10,13,15H,7,9,11-12H2,1-2H3. The minimum atomic E-state index is 0.192. The molecule has 23 heavy (non-hydrogen) atoms. The lowest BCUT2D eigenvalue weighted by Crippen LogP contribution is -2.30. The fraction of sp³-hybridized carbons (Fsp3) is 0.471. The van der Waals surface area contributed by atoms with Gasteiger partial charge in [-0.25, -0.2) is 4.68 Å². The summed E-state index contributed by atoms with van der Waals surface area (Å²) >= 11 is 1.84. The van der Waals surface area contributed by atoms with Crippen molar-refractivity contribution in [2.45, 2.75) is 42.9 Å². The third-order valence-electron chi connectivity index (χ3n) is 3.98. The molecule has 0 N–H and O–H groups in total. The van der Waals surface area contributed by atoms with E-state index in [-0.39, 0.29) is 11.9 Å². The summed E-state index contributed by atoms with van der Waals surface area (Å²) in [5.74, 6) is 0.192. The van der Waals surface area contributed by atoms with Crippen LogP contribution in [0.5, 0.6) is 0 Å². The van der Waals surface area contributed by atoms with Crippen molar-refractivity contribution in [1.29, 1.82) is 0 Å². The van der Waals surface area contributed by atoms with Gasteiger partial charge in [-0.3, -0.25) is 4.79 Å². The van der Waals surface area contributed by atoms with Crippen molar-refractivity contribution in [1.82, 2.24) is 19.9 Å². The van der Waals surface area contributed by atoms with Crippen molar-refractivity contribution in [3.63, 3.8) is 0 Å². The minimum absolute atomic E-state index is 0.192. The van der Waals surface area contributed by atoms with Crippen LogP contribution in [0.1, 0.15) is 31.9 Å². The Bertz CT molecular complexity index is 639. The summed E-state index contributed by atoms with van der Waals surface area (Å²) in [6, 6.07) is 8.60. The number of hydrogen-bond donors (Lipinski definition) is 0. The number of benzene rings is 1. The van der Waals surface area contributed by atoms with E-state index in [2.05, 4.69) is 48.4 Å². The molecule has 6 heteroatoms. The first-order valence-corrected chi connectivity index (χ1v) is 8.89. The Morgan fingerprint density at radius 2 is 2.13 bits per heavy atom. The van der Waals surface area contributed by atoms with Crippen LogP contribution in [-0.4, -0.2) is 44.1 Å². The Morgan fingerprint density at radius 1 is 1.35 bits per heavy atom. The first kappa shape index (κ1) is 16.1. The second-order valence-electron chi connectivity index (χ2n) is 6.15. The van der Waals surface area contributed by atoms with E-state index in [0.717, 1.165) is 25.1 Å². The lowest BCUT2D eigenvalue weighted by atomic mass is 10.1. The zero-order valence-electron chi connectivity index (χ0n) is 13.6. The highest BCUT2D eigenvalue weighted by Gasteiger charge is 2.27. The van der Waals surface area contributed by atoms with Gasteiger partial charge in [0.25, 0.3) is 0 Å². The lowest BCUT2D eigenvalue weighted by molar-refractivity contribution is -0.129. The summed E-state index contributed by atoms with van der Waals surface area (Å²) in [4.78, 5) is 15.7. The van der Waals surface area contributed by atoms with Crippen LogP contribution in [0, 0.1) is 0 Å². The van der Waals surface area contributed by atoms with Crippen LogP contribution < -0.4 is 0 Å². The predicted molar refractivity (Wildman–Crippen MR) is 91.4 cm³/mol. The van der Waals surface area contributed by atoms with Crippen LogP contribution in [-0.2, 0) is 11.2 Å². The third kappa shape index (κ3) is 4.13. The summed E-state index contributed by atoms with van der Waals surface area (Å²) in [6.07, 6.45) is 4.96. The first-order chi connectivity index (χ1) is 11.1. The third-order valence-corrected chi connectivity index (χ3v) is 5.00. The lowest BCUT2D eigenvalue weighted by Gasteiger charge is -2.16. The Hall–Kier alpha value is -1.82. The quantitative estimate of drug-likeness (QED) is 0.791. The van der Waals surface area contributed by atoms with Gasteiger partial charge in [0.1, 0.15) is 0 Å². The molecule has 122 valence electrons. The number of amides is 1. The molecule has 1 aliphatic rings. The fourth-order valence-corrected chi connectivity index (χ4v) is 3.68. The van der Waals surface area contributed by atoms with Gasteiger partial charge in [-0.15, -0.1) is 16.9 Å². The highest BCUT2D eigenvalue weighted by Crippen LogP contribution is 2.24. The Morgan fingerprint density at radius 3 is 2.78 bits per heavy atom. The molecule has 1 aliphatic heterocycles. The van der Waals surface area contributed by atoms with Crippen LogP contribution in [0.4, 0.5) is 0 Å². The number of carbonyl (C=O) groups excluding carboxylic acids is 1. The molecule has 3 rings (SSSR count). The summed E-state index contributed by atoms with van der Waals surface area (Å²) < 4.78 is 1.85. The molecule has 2 aromatic rings. The topological polar surface area (TPSA) is 51.0 Å². The molecular weight excluding hydrogens is 308 g/mol. The SMILES string of the molecule is CC(C)Sc1ccc(CC(=O)N2CCC(n3ccnn3)C2)cc1. The van der Waals surface area contributed by atoms with E-state index in [0.29, 0.717) is 11.7 Å². The Kier molecular flexibility index (Phi) is 5.00. The first-order valence-electron chi connectivity index (χ1n) is 8.01. The molecule has 1 atom stereocenters. The van der Waals surface area contributed by atoms with Gasteiger partial charge in [0.2, 0.25) is 5.91 Å². The molecular formula is C17H22N4OS. The largest absolute Gasteiger partial charge is 0.340 e. The van der Waals surface area contributed by atoms with Crippen LogP contribution in [0.2, 0.25) is 0 Å². The van der Waals surface area contributed by atoms with Crippen molar-refractivity contribution in [3.8, 4) is 0 Å². The molecule has 1 unspecified atom stereocenters. The fourth-order valence-electron chi connectivity index (χ4n) is 2.84. The molecule has 1 fully saturated rings. The zero-order valence-corrected chi connectivity index (χ0v) is 14.4. The van der Waals surface area contributed by atoms with Crippen LogP contribution in [0.25, 0.3) is 0 Å². The summed E-state index contributed by atoms with van der Waals surface area (Å²) in [6.45, 7) is 5.89. The second-order valence-corrected chi connectivity index (χ2v) is 7.80. The average molecular weight is 330 g/mol. The van der Waals surface area contributed by atoms with E-state index in [1.807, 2.05) is 27.5 Å². The molecule has 1 amide bonds. The molecule has 2 heterocycles. The van der Waals surface area contributed by atoms with Gasteiger partial charge in [-0.1, -0.05) is 31.2 Å². The highest BCUT2D eigenvalue weighted by atomic mass is 32.2. The molecule has 0 saturated carbocycles. The Labute approximate surface area is 141 Å². The number of hydrogen-bond acceptors (Lipinski definition) is 4. The maximum absolute atomic E-state index is 12.5. The zero-order chi connectivity index (χ0) is 16.2. The van der Waals surface area contributed by atoms with Gasteiger partial charge in [-0.05, 0) is 24.1 Å². The van der Waals surface area contributed by atoms with E-state index in [1.165, 1.54) is 4.90 Å². The molecule has 0 spiro atoms. The monoisotopic (exact) mass is 330 g/mol. The second kappa shape index (κ2) is 7.17. The molecule has 0 aliphatic carbocycles. The van der Waals surface area contributed by atoms with Gasteiger partial charge >= 0.3 is 0 Å². The molecule has 1 saturated heterocycles. The van der Waals surface area contributed by atoms with Crippen LogP contribution >= 0.6 is 11.8 Å². The number of nitrogens with zero attached hydrogens (tertiary/aromatic N) is 4. The number of likely N-dealkylation sites (tertiary alicyclic amines) is 1. The maximum Gasteiger partial charge on any atom is 0.227 e. The van der Waals surface area contributed by atoms with Crippen molar-refractivity contribution in [2.24, 2.45) is 0 Å². The van der Waals surface area contributed by atoms with Crippen molar-refractivity contribution in [3.05, 3.63) is 42.2 Å². The summed E-state index contributed by atoms with van der Waals surface area (Å²) in [5, 5.41) is 8.45. The maximum atomic E-state index is 12.5. The normalized spacial score (nSPS) is 17.9. The average Bonchev–Trinajstić information content (AvgIpc) is 3.19. The van der Waals surface area contributed by atoms with Crippen LogP contribution in [0.15, 0.2) is 41.6 Å². The van der Waals surface area contributed by atoms with Crippen molar-refractivity contribution >= 4 is 17.7 Å². The molecule has 1 aromatic heterocycles. The van der Waals surface area contributed by atoms with Crippen molar-refractivity contribution < 1.29 is 4.79 Å². The van der Waals surface area contributed by atoms with E-state index >= 15 is 0 Å². The van der Waals surface area contributed by atoms with Gasteiger partial charge in [0.05, 0.1) is 18.7 Å². The van der Waals surface area contributed by atoms with E-state index < -0.39 is 0 Å². The van der Waals surface area contributed by atoms with E-state index in [1.54, 1.807) is 6.20 Å². The molecule has 1 aromatic carbocycles. The number of rotatable bonds is 5. The molecule has 0 bridgehead atoms.